The van der Waals surface area contributed by atoms with Gasteiger partial charge in [0, 0.05) is 19.0 Å². The maximum absolute atomic E-state index is 4.37. The van der Waals surface area contributed by atoms with Gasteiger partial charge in [0.25, 0.3) is 0 Å². The normalized spacial score (nSPS) is 16.4. The summed E-state index contributed by atoms with van der Waals surface area (Å²) >= 11 is 1.69. The van der Waals surface area contributed by atoms with Gasteiger partial charge in [-0.25, -0.2) is 0 Å². The van der Waals surface area contributed by atoms with Crippen LogP contribution >= 0.6 is 11.8 Å². The molecule has 114 valence electrons. The van der Waals surface area contributed by atoms with Crippen molar-refractivity contribution in [3.63, 3.8) is 0 Å². The Balaban J connectivity index is 1.80. The van der Waals surface area contributed by atoms with Gasteiger partial charge in [0.1, 0.15) is 5.82 Å². The summed E-state index contributed by atoms with van der Waals surface area (Å²) < 4.78 is 2.30. The lowest BCUT2D eigenvalue weighted by Gasteiger charge is -2.13. The quantitative estimate of drug-likeness (QED) is 0.591. The van der Waals surface area contributed by atoms with Crippen LogP contribution in [0.1, 0.15) is 51.8 Å². The summed E-state index contributed by atoms with van der Waals surface area (Å²) in [5.74, 6) is 1.78. The molecule has 1 aromatic rings. The van der Waals surface area contributed by atoms with Crippen molar-refractivity contribution < 1.29 is 0 Å². The Morgan fingerprint density at radius 3 is 2.70 bits per heavy atom. The molecule has 1 aliphatic carbocycles. The van der Waals surface area contributed by atoms with Crippen molar-refractivity contribution in [3.05, 3.63) is 5.82 Å². The minimum atomic E-state index is 0.632. The monoisotopic (exact) mass is 296 g/mol. The van der Waals surface area contributed by atoms with Crippen molar-refractivity contribution in [1.29, 1.82) is 0 Å². The van der Waals surface area contributed by atoms with E-state index in [2.05, 4.69) is 40.2 Å². The fourth-order valence-electron chi connectivity index (χ4n) is 2.89. The van der Waals surface area contributed by atoms with Gasteiger partial charge in [-0.3, -0.25) is 0 Å². The van der Waals surface area contributed by atoms with Gasteiger partial charge in [-0.2, -0.15) is 0 Å². The van der Waals surface area contributed by atoms with E-state index < -0.39 is 0 Å². The van der Waals surface area contributed by atoms with Crippen LogP contribution in [0.15, 0.2) is 5.16 Å². The molecule has 0 radical (unpaired) electrons. The molecular formula is C15H28N4S. The average Bonchev–Trinajstić information content (AvgIpc) is 3.04. The van der Waals surface area contributed by atoms with E-state index in [1.807, 2.05) is 0 Å². The lowest BCUT2D eigenvalue weighted by molar-refractivity contribution is 0.470. The fraction of sp³-hybridized carbons (Fsp3) is 0.867. The highest BCUT2D eigenvalue weighted by molar-refractivity contribution is 7.98. The Labute approximate surface area is 127 Å². The largest absolute Gasteiger partial charge is 0.314 e. The average molecular weight is 296 g/mol. The molecule has 1 saturated carbocycles. The SMILES string of the molecule is CSc1nnc(CCCNC2CCCC2)n1CC(C)C. The first-order valence-corrected chi connectivity index (χ1v) is 9.12. The minimum Gasteiger partial charge on any atom is -0.314 e. The van der Waals surface area contributed by atoms with E-state index in [1.54, 1.807) is 11.8 Å². The number of nitrogens with one attached hydrogen (secondary N) is 1. The van der Waals surface area contributed by atoms with E-state index in [1.165, 1.54) is 25.7 Å². The van der Waals surface area contributed by atoms with Crippen molar-refractivity contribution in [2.45, 2.75) is 70.1 Å². The summed E-state index contributed by atoms with van der Waals surface area (Å²) in [5.41, 5.74) is 0. The molecule has 1 heterocycles. The van der Waals surface area contributed by atoms with E-state index in [4.69, 9.17) is 0 Å². The second-order valence-corrected chi connectivity index (χ2v) is 6.92. The highest BCUT2D eigenvalue weighted by Crippen LogP contribution is 2.18. The Hall–Kier alpha value is -0.550. The molecule has 0 aromatic carbocycles. The number of hydrogen-bond acceptors (Lipinski definition) is 4. The predicted molar refractivity (Wildman–Crippen MR) is 85.2 cm³/mol. The third-order valence-corrected chi connectivity index (χ3v) is 4.56. The van der Waals surface area contributed by atoms with Crippen LogP contribution in [-0.4, -0.2) is 33.6 Å². The number of aromatic nitrogens is 3. The molecule has 1 aliphatic rings. The first-order valence-electron chi connectivity index (χ1n) is 7.90. The second-order valence-electron chi connectivity index (χ2n) is 6.15. The van der Waals surface area contributed by atoms with Gasteiger partial charge in [-0.15, -0.1) is 10.2 Å². The Kier molecular flexibility index (Phi) is 6.36. The summed E-state index contributed by atoms with van der Waals surface area (Å²) in [6.07, 6.45) is 9.78. The number of aryl methyl sites for hydroxylation is 1. The van der Waals surface area contributed by atoms with Gasteiger partial charge >= 0.3 is 0 Å². The third kappa shape index (κ3) is 4.48. The zero-order chi connectivity index (χ0) is 14.4. The van der Waals surface area contributed by atoms with Crippen molar-refractivity contribution in [3.8, 4) is 0 Å². The molecule has 0 unspecified atom stereocenters. The molecule has 0 amide bonds. The van der Waals surface area contributed by atoms with Gasteiger partial charge in [0.15, 0.2) is 5.16 Å². The maximum atomic E-state index is 4.37. The lowest BCUT2D eigenvalue weighted by atomic mass is 10.2. The van der Waals surface area contributed by atoms with Crippen LogP contribution in [0.4, 0.5) is 0 Å². The van der Waals surface area contributed by atoms with Crippen LogP contribution in [-0.2, 0) is 13.0 Å². The Morgan fingerprint density at radius 2 is 2.05 bits per heavy atom. The van der Waals surface area contributed by atoms with Gasteiger partial charge < -0.3 is 9.88 Å². The topological polar surface area (TPSA) is 42.7 Å². The maximum Gasteiger partial charge on any atom is 0.190 e. The Morgan fingerprint density at radius 1 is 1.30 bits per heavy atom. The number of hydrogen-bond donors (Lipinski definition) is 1. The molecule has 0 saturated heterocycles. The molecule has 0 aliphatic heterocycles. The molecule has 5 heteroatoms. The van der Waals surface area contributed by atoms with Crippen molar-refractivity contribution >= 4 is 11.8 Å². The van der Waals surface area contributed by atoms with Crippen LogP contribution in [0.2, 0.25) is 0 Å². The smallest absolute Gasteiger partial charge is 0.190 e. The summed E-state index contributed by atoms with van der Waals surface area (Å²) in [5, 5.41) is 13.4. The highest BCUT2D eigenvalue weighted by atomic mass is 32.2. The molecular weight excluding hydrogens is 268 g/mol. The van der Waals surface area contributed by atoms with E-state index in [0.717, 1.165) is 43.0 Å². The zero-order valence-electron chi connectivity index (χ0n) is 13.1. The minimum absolute atomic E-state index is 0.632. The first kappa shape index (κ1) is 15.8. The molecule has 0 bridgehead atoms. The van der Waals surface area contributed by atoms with E-state index in [9.17, 15) is 0 Å². The summed E-state index contributed by atoms with van der Waals surface area (Å²) in [4.78, 5) is 0. The van der Waals surface area contributed by atoms with E-state index >= 15 is 0 Å². The van der Waals surface area contributed by atoms with Crippen molar-refractivity contribution in [2.24, 2.45) is 5.92 Å². The Bertz CT molecular complexity index is 397. The van der Waals surface area contributed by atoms with Crippen LogP contribution in [0, 0.1) is 5.92 Å². The van der Waals surface area contributed by atoms with Crippen LogP contribution < -0.4 is 5.32 Å². The molecule has 1 N–H and O–H groups in total. The third-order valence-electron chi connectivity index (χ3n) is 3.89. The van der Waals surface area contributed by atoms with E-state index in [-0.39, 0.29) is 0 Å². The van der Waals surface area contributed by atoms with Gasteiger partial charge in [-0.1, -0.05) is 38.5 Å². The molecule has 0 atom stereocenters. The summed E-state index contributed by atoms with van der Waals surface area (Å²) in [7, 11) is 0. The molecule has 4 nitrogen and oxygen atoms in total. The summed E-state index contributed by atoms with van der Waals surface area (Å²) in [6, 6.07) is 0.769. The molecule has 1 aromatic heterocycles. The number of rotatable bonds is 8. The molecule has 2 rings (SSSR count). The van der Waals surface area contributed by atoms with Crippen molar-refractivity contribution in [2.75, 3.05) is 12.8 Å². The standard InChI is InChI=1S/C15H28N4S/c1-12(2)11-19-14(17-18-15(19)20-3)9-6-10-16-13-7-4-5-8-13/h12-13,16H,4-11H2,1-3H3. The molecule has 20 heavy (non-hydrogen) atoms. The zero-order valence-corrected chi connectivity index (χ0v) is 13.9. The van der Waals surface area contributed by atoms with Gasteiger partial charge in [0.2, 0.25) is 0 Å². The lowest BCUT2D eigenvalue weighted by Crippen LogP contribution is -2.27. The molecule has 0 spiro atoms. The first-order chi connectivity index (χ1) is 9.70. The number of thioether (sulfide) groups is 1. The number of nitrogens with zero attached hydrogens (tertiary/aromatic N) is 3. The summed E-state index contributed by atoms with van der Waals surface area (Å²) in [6.45, 7) is 6.62. The van der Waals surface area contributed by atoms with Crippen LogP contribution in [0.3, 0.4) is 0 Å². The van der Waals surface area contributed by atoms with E-state index in [0.29, 0.717) is 5.92 Å². The van der Waals surface area contributed by atoms with Gasteiger partial charge in [-0.05, 0) is 38.0 Å². The second kappa shape index (κ2) is 8.03. The van der Waals surface area contributed by atoms with Crippen molar-refractivity contribution in [1.82, 2.24) is 20.1 Å². The fourth-order valence-corrected chi connectivity index (χ4v) is 3.41. The van der Waals surface area contributed by atoms with Crippen LogP contribution in [0.25, 0.3) is 0 Å². The predicted octanol–water partition coefficient (Wildman–Crippen LogP) is 3.12. The molecule has 1 fully saturated rings. The van der Waals surface area contributed by atoms with Crippen LogP contribution in [0.5, 0.6) is 0 Å². The van der Waals surface area contributed by atoms with Gasteiger partial charge in [0.05, 0.1) is 0 Å². The highest BCUT2D eigenvalue weighted by Gasteiger charge is 2.15.